The first-order valence-electron chi connectivity index (χ1n) is 10.4. The molecule has 1 heterocycles. The molecular formula is C24H31FN2O2S. The number of halogens is 1. The highest BCUT2D eigenvalue weighted by Gasteiger charge is 2.34. The lowest BCUT2D eigenvalue weighted by atomic mass is 9.72. The monoisotopic (exact) mass is 430 g/mol. The minimum atomic E-state index is -0.392. The van der Waals surface area contributed by atoms with Crippen LogP contribution in [0.1, 0.15) is 79.1 Å². The normalized spacial score (nSPS) is 16.7. The van der Waals surface area contributed by atoms with Gasteiger partial charge in [-0.3, -0.25) is 9.59 Å². The van der Waals surface area contributed by atoms with Gasteiger partial charge in [0, 0.05) is 16.0 Å². The third-order valence-electron chi connectivity index (χ3n) is 5.54. The Morgan fingerprint density at radius 1 is 1.03 bits per heavy atom. The highest BCUT2D eigenvalue weighted by atomic mass is 32.1. The van der Waals surface area contributed by atoms with E-state index < -0.39 is 5.82 Å². The van der Waals surface area contributed by atoms with Gasteiger partial charge in [-0.2, -0.15) is 0 Å². The molecule has 162 valence electrons. The van der Waals surface area contributed by atoms with Gasteiger partial charge in [0.05, 0.1) is 5.56 Å². The summed E-state index contributed by atoms with van der Waals surface area (Å²) < 4.78 is 13.2. The van der Waals surface area contributed by atoms with Crippen LogP contribution in [0.5, 0.6) is 0 Å². The smallest absolute Gasteiger partial charge is 0.256 e. The van der Waals surface area contributed by atoms with Crippen LogP contribution >= 0.6 is 11.3 Å². The van der Waals surface area contributed by atoms with Gasteiger partial charge in [-0.05, 0) is 81.2 Å². The van der Waals surface area contributed by atoms with Crippen molar-refractivity contribution in [2.45, 2.75) is 66.3 Å². The van der Waals surface area contributed by atoms with Crippen molar-refractivity contribution in [3.63, 3.8) is 0 Å². The van der Waals surface area contributed by atoms with E-state index in [9.17, 15) is 14.0 Å². The van der Waals surface area contributed by atoms with Crippen LogP contribution in [0.15, 0.2) is 24.3 Å². The van der Waals surface area contributed by atoms with Crippen molar-refractivity contribution < 1.29 is 14.0 Å². The summed E-state index contributed by atoms with van der Waals surface area (Å²) in [5, 5.41) is 6.54. The zero-order valence-electron chi connectivity index (χ0n) is 18.6. The van der Waals surface area contributed by atoms with Crippen LogP contribution in [-0.4, -0.2) is 17.4 Å². The number of anilines is 1. The van der Waals surface area contributed by atoms with E-state index in [0.717, 1.165) is 24.8 Å². The summed E-state index contributed by atoms with van der Waals surface area (Å²) in [7, 11) is 0. The summed E-state index contributed by atoms with van der Waals surface area (Å²) in [6.07, 6.45) is 2.76. The number of fused-ring (bicyclic) bond motifs is 1. The lowest BCUT2D eigenvalue weighted by Crippen LogP contribution is -2.41. The first-order valence-corrected chi connectivity index (χ1v) is 11.2. The van der Waals surface area contributed by atoms with Gasteiger partial charge in [-0.25, -0.2) is 4.39 Å². The quantitative estimate of drug-likeness (QED) is 0.645. The van der Waals surface area contributed by atoms with Crippen LogP contribution in [-0.2, 0) is 12.8 Å². The lowest BCUT2D eigenvalue weighted by Gasteiger charge is -2.34. The van der Waals surface area contributed by atoms with Crippen molar-refractivity contribution in [3.8, 4) is 0 Å². The molecule has 0 aliphatic heterocycles. The average Bonchev–Trinajstić information content (AvgIpc) is 2.97. The molecule has 0 radical (unpaired) electrons. The minimum absolute atomic E-state index is 0.163. The Bertz CT molecular complexity index is 949. The number of carbonyl (C=O) groups is 2. The molecule has 0 fully saturated rings. The molecule has 1 aromatic carbocycles. The molecule has 2 N–H and O–H groups in total. The highest BCUT2D eigenvalue weighted by Crippen LogP contribution is 2.44. The van der Waals surface area contributed by atoms with Gasteiger partial charge < -0.3 is 10.6 Å². The Labute approximate surface area is 182 Å². The Morgan fingerprint density at radius 3 is 2.23 bits per heavy atom. The van der Waals surface area contributed by atoms with Crippen molar-refractivity contribution >= 4 is 28.2 Å². The number of carbonyl (C=O) groups excluding carboxylic acids is 2. The Balaban J connectivity index is 1.97. The van der Waals surface area contributed by atoms with Gasteiger partial charge in [0.25, 0.3) is 11.8 Å². The molecule has 1 aromatic heterocycles. The summed E-state index contributed by atoms with van der Waals surface area (Å²) in [5.74, 6) is -0.367. The molecule has 2 amide bonds. The molecule has 1 aliphatic carbocycles. The summed E-state index contributed by atoms with van der Waals surface area (Å²) in [4.78, 5) is 27.1. The van der Waals surface area contributed by atoms with Crippen LogP contribution in [0.25, 0.3) is 0 Å². The number of hydrogen-bond acceptors (Lipinski definition) is 3. The number of amides is 2. The maximum Gasteiger partial charge on any atom is 0.256 e. The molecule has 0 saturated carbocycles. The van der Waals surface area contributed by atoms with Crippen molar-refractivity contribution in [2.75, 3.05) is 5.32 Å². The van der Waals surface area contributed by atoms with Crippen LogP contribution in [0.2, 0.25) is 0 Å². The van der Waals surface area contributed by atoms with E-state index in [2.05, 4.69) is 31.4 Å². The third kappa shape index (κ3) is 5.09. The van der Waals surface area contributed by atoms with E-state index in [0.29, 0.717) is 22.0 Å². The number of rotatable bonds is 3. The molecule has 1 aliphatic rings. The Morgan fingerprint density at radius 2 is 1.67 bits per heavy atom. The van der Waals surface area contributed by atoms with Crippen LogP contribution in [0.3, 0.4) is 0 Å². The molecule has 0 saturated heterocycles. The van der Waals surface area contributed by atoms with Gasteiger partial charge in [0.15, 0.2) is 0 Å². The fraction of sp³-hybridized carbons (Fsp3) is 0.500. The molecule has 4 nitrogen and oxygen atoms in total. The van der Waals surface area contributed by atoms with E-state index in [-0.39, 0.29) is 22.8 Å². The number of hydrogen-bond donors (Lipinski definition) is 2. The maximum absolute atomic E-state index is 13.2. The SMILES string of the molecule is CC(C)(C)NC(=O)c1c(NC(=O)c2ccc(F)cc2)sc2c1CCC(C(C)(C)C)C2. The average molecular weight is 431 g/mol. The topological polar surface area (TPSA) is 58.2 Å². The Hall–Kier alpha value is -2.21. The zero-order chi connectivity index (χ0) is 22.3. The molecule has 1 unspecified atom stereocenters. The fourth-order valence-electron chi connectivity index (χ4n) is 3.83. The molecule has 30 heavy (non-hydrogen) atoms. The second kappa shape index (κ2) is 8.14. The molecule has 2 aromatic rings. The second-order valence-corrected chi connectivity index (χ2v) is 11.3. The predicted molar refractivity (Wildman–Crippen MR) is 121 cm³/mol. The van der Waals surface area contributed by atoms with Gasteiger partial charge >= 0.3 is 0 Å². The first kappa shape index (κ1) is 22.5. The van der Waals surface area contributed by atoms with Crippen molar-refractivity contribution in [2.24, 2.45) is 11.3 Å². The van der Waals surface area contributed by atoms with Crippen LogP contribution in [0, 0.1) is 17.2 Å². The molecular weight excluding hydrogens is 399 g/mol. The van der Waals surface area contributed by atoms with E-state index in [1.165, 1.54) is 40.5 Å². The Kier molecular flexibility index (Phi) is 6.10. The fourth-order valence-corrected chi connectivity index (χ4v) is 5.15. The van der Waals surface area contributed by atoms with Gasteiger partial charge in [-0.1, -0.05) is 20.8 Å². The van der Waals surface area contributed by atoms with Crippen molar-refractivity contribution in [3.05, 3.63) is 51.7 Å². The largest absolute Gasteiger partial charge is 0.347 e. The van der Waals surface area contributed by atoms with Gasteiger partial charge in [0.2, 0.25) is 0 Å². The van der Waals surface area contributed by atoms with E-state index >= 15 is 0 Å². The lowest BCUT2D eigenvalue weighted by molar-refractivity contribution is 0.0919. The number of benzene rings is 1. The number of thiophene rings is 1. The molecule has 3 rings (SSSR count). The second-order valence-electron chi connectivity index (χ2n) is 10.2. The molecule has 1 atom stereocenters. The summed E-state index contributed by atoms with van der Waals surface area (Å²) in [6, 6.07) is 5.41. The predicted octanol–water partition coefficient (Wildman–Crippen LogP) is 5.82. The minimum Gasteiger partial charge on any atom is -0.347 e. The van der Waals surface area contributed by atoms with E-state index in [1.54, 1.807) is 0 Å². The maximum atomic E-state index is 13.2. The zero-order valence-corrected chi connectivity index (χ0v) is 19.4. The highest BCUT2D eigenvalue weighted by molar-refractivity contribution is 7.17. The summed E-state index contributed by atoms with van der Waals surface area (Å²) in [6.45, 7) is 12.6. The molecule has 6 heteroatoms. The van der Waals surface area contributed by atoms with E-state index in [4.69, 9.17) is 0 Å². The standard InChI is InChI=1S/C24H31FN2O2S/c1-23(2,3)15-9-12-17-18(13-15)30-22(19(17)21(29)27-24(4,5)6)26-20(28)14-7-10-16(25)11-8-14/h7-8,10-11,15H,9,12-13H2,1-6H3,(H,26,28)(H,27,29). The van der Waals surface area contributed by atoms with Crippen LogP contribution in [0.4, 0.5) is 9.39 Å². The summed E-state index contributed by atoms with van der Waals surface area (Å²) >= 11 is 1.50. The first-order chi connectivity index (χ1) is 13.8. The third-order valence-corrected chi connectivity index (χ3v) is 6.71. The van der Waals surface area contributed by atoms with Crippen molar-refractivity contribution in [1.29, 1.82) is 0 Å². The van der Waals surface area contributed by atoms with Gasteiger partial charge in [0.1, 0.15) is 10.8 Å². The van der Waals surface area contributed by atoms with Crippen LogP contribution < -0.4 is 10.6 Å². The molecule has 0 bridgehead atoms. The summed E-state index contributed by atoms with van der Waals surface area (Å²) in [5.41, 5.74) is 1.79. The molecule has 0 spiro atoms. The van der Waals surface area contributed by atoms with Gasteiger partial charge in [-0.15, -0.1) is 11.3 Å². The van der Waals surface area contributed by atoms with Crippen molar-refractivity contribution in [1.82, 2.24) is 5.32 Å². The van der Waals surface area contributed by atoms with E-state index in [1.807, 2.05) is 20.8 Å². The number of nitrogens with one attached hydrogen (secondary N) is 2.